The number of nitrogens with zero attached hydrogens (tertiary/aromatic N) is 1. The molecule has 0 saturated carbocycles. The maximum atomic E-state index is 13.2. The fourth-order valence-corrected chi connectivity index (χ4v) is 2.37. The fourth-order valence-electron chi connectivity index (χ4n) is 1.24. The number of sulfonamides is 1. The zero-order chi connectivity index (χ0) is 12.7. The first-order valence-electron chi connectivity index (χ1n) is 5.36. The normalized spacial score (nSPS) is 11.4. The van der Waals surface area contributed by atoms with Gasteiger partial charge in [-0.05, 0) is 25.6 Å². The minimum Gasteiger partial charge on any atom is -0.317 e. The van der Waals surface area contributed by atoms with Crippen molar-refractivity contribution in [2.24, 2.45) is 0 Å². The van der Waals surface area contributed by atoms with E-state index in [1.807, 2.05) is 6.92 Å². The summed E-state index contributed by atoms with van der Waals surface area (Å²) in [7, 11) is -3.50. The predicted molar refractivity (Wildman–Crippen MR) is 64.8 cm³/mol. The summed E-state index contributed by atoms with van der Waals surface area (Å²) in [5, 5.41) is 3.02. The van der Waals surface area contributed by atoms with Crippen LogP contribution in [0.5, 0.6) is 0 Å². The summed E-state index contributed by atoms with van der Waals surface area (Å²) >= 11 is 0. The van der Waals surface area contributed by atoms with Crippen LogP contribution in [0.15, 0.2) is 18.5 Å². The molecule has 0 unspecified atom stereocenters. The zero-order valence-corrected chi connectivity index (χ0v) is 10.4. The third-order valence-electron chi connectivity index (χ3n) is 2.05. The molecule has 0 saturated heterocycles. The molecule has 0 spiro atoms. The van der Waals surface area contributed by atoms with Gasteiger partial charge in [-0.1, -0.05) is 6.92 Å². The third-order valence-corrected chi connectivity index (χ3v) is 3.41. The maximum Gasteiger partial charge on any atom is 0.232 e. The molecule has 0 bridgehead atoms. The van der Waals surface area contributed by atoms with Crippen LogP contribution < -0.4 is 10.0 Å². The van der Waals surface area contributed by atoms with Gasteiger partial charge in [-0.2, -0.15) is 0 Å². The van der Waals surface area contributed by atoms with Crippen LogP contribution in [0.4, 0.5) is 10.1 Å². The number of aromatic nitrogens is 1. The molecule has 2 N–H and O–H groups in total. The van der Waals surface area contributed by atoms with E-state index < -0.39 is 15.8 Å². The SMILES string of the molecule is CCNCCCS(=O)(=O)Nc1ccncc1F. The standard InChI is InChI=1S/C10H16FN3O2S/c1-2-12-5-3-7-17(15,16)14-10-4-6-13-8-9(10)11/h4,6,8,12H,2-3,5,7H2,1H3,(H,13,14). The van der Waals surface area contributed by atoms with Gasteiger partial charge in [0.15, 0.2) is 5.82 Å². The molecular formula is C10H16FN3O2S. The Bertz CT molecular complexity index is 451. The van der Waals surface area contributed by atoms with Gasteiger partial charge in [0.2, 0.25) is 10.0 Å². The lowest BCUT2D eigenvalue weighted by molar-refractivity contribution is 0.592. The van der Waals surface area contributed by atoms with E-state index >= 15 is 0 Å². The van der Waals surface area contributed by atoms with Gasteiger partial charge in [0.25, 0.3) is 0 Å². The molecule has 7 heteroatoms. The average Bonchev–Trinajstić information content (AvgIpc) is 2.28. The average molecular weight is 261 g/mol. The Morgan fingerprint density at radius 3 is 2.88 bits per heavy atom. The van der Waals surface area contributed by atoms with Crippen LogP contribution in [-0.4, -0.2) is 32.2 Å². The highest BCUT2D eigenvalue weighted by Gasteiger charge is 2.12. The van der Waals surface area contributed by atoms with E-state index in [-0.39, 0.29) is 11.4 Å². The smallest absolute Gasteiger partial charge is 0.232 e. The molecule has 1 heterocycles. The van der Waals surface area contributed by atoms with E-state index in [2.05, 4.69) is 15.0 Å². The Morgan fingerprint density at radius 2 is 2.24 bits per heavy atom. The van der Waals surface area contributed by atoms with Crippen LogP contribution >= 0.6 is 0 Å². The molecule has 17 heavy (non-hydrogen) atoms. The monoisotopic (exact) mass is 261 g/mol. The minimum atomic E-state index is -3.50. The summed E-state index contributed by atoms with van der Waals surface area (Å²) in [6.07, 6.45) is 2.78. The van der Waals surface area contributed by atoms with Crippen LogP contribution in [-0.2, 0) is 10.0 Å². The number of hydrogen-bond donors (Lipinski definition) is 2. The highest BCUT2D eigenvalue weighted by atomic mass is 32.2. The van der Waals surface area contributed by atoms with Gasteiger partial charge < -0.3 is 5.32 Å². The van der Waals surface area contributed by atoms with Crippen molar-refractivity contribution in [1.82, 2.24) is 10.3 Å². The summed E-state index contributed by atoms with van der Waals surface area (Å²) in [6.45, 7) is 3.36. The quantitative estimate of drug-likeness (QED) is 0.717. The first-order chi connectivity index (χ1) is 8.05. The van der Waals surface area contributed by atoms with Crippen molar-refractivity contribution >= 4 is 15.7 Å². The third kappa shape index (κ3) is 5.10. The molecule has 96 valence electrons. The van der Waals surface area contributed by atoms with E-state index in [0.29, 0.717) is 13.0 Å². The molecule has 1 aromatic heterocycles. The van der Waals surface area contributed by atoms with Crippen molar-refractivity contribution in [2.75, 3.05) is 23.6 Å². The molecule has 0 atom stereocenters. The van der Waals surface area contributed by atoms with Crippen molar-refractivity contribution in [3.8, 4) is 0 Å². The minimum absolute atomic E-state index is 0.0399. The fraction of sp³-hybridized carbons (Fsp3) is 0.500. The molecule has 5 nitrogen and oxygen atoms in total. The molecule has 0 aromatic carbocycles. The highest BCUT2D eigenvalue weighted by Crippen LogP contribution is 2.13. The van der Waals surface area contributed by atoms with Gasteiger partial charge in [-0.25, -0.2) is 12.8 Å². The van der Waals surface area contributed by atoms with Crippen LogP contribution in [0, 0.1) is 5.82 Å². The van der Waals surface area contributed by atoms with Crippen LogP contribution in [0.1, 0.15) is 13.3 Å². The Balaban J connectivity index is 2.52. The van der Waals surface area contributed by atoms with Crippen molar-refractivity contribution in [3.05, 3.63) is 24.3 Å². The Morgan fingerprint density at radius 1 is 1.47 bits per heavy atom. The van der Waals surface area contributed by atoms with Gasteiger partial charge in [0.05, 0.1) is 17.6 Å². The number of hydrogen-bond acceptors (Lipinski definition) is 4. The molecule has 0 fully saturated rings. The van der Waals surface area contributed by atoms with Crippen molar-refractivity contribution in [3.63, 3.8) is 0 Å². The molecule has 1 aromatic rings. The van der Waals surface area contributed by atoms with Gasteiger partial charge in [-0.3, -0.25) is 9.71 Å². The van der Waals surface area contributed by atoms with Crippen molar-refractivity contribution in [1.29, 1.82) is 0 Å². The molecule has 0 aliphatic heterocycles. The van der Waals surface area contributed by atoms with E-state index in [4.69, 9.17) is 0 Å². The number of pyridine rings is 1. The lowest BCUT2D eigenvalue weighted by Crippen LogP contribution is -2.22. The first kappa shape index (κ1) is 13.9. The van der Waals surface area contributed by atoms with Crippen LogP contribution in [0.25, 0.3) is 0 Å². The highest BCUT2D eigenvalue weighted by molar-refractivity contribution is 7.92. The zero-order valence-electron chi connectivity index (χ0n) is 9.61. The predicted octanol–water partition coefficient (Wildman–Crippen LogP) is 0.962. The van der Waals surface area contributed by atoms with E-state index in [1.165, 1.54) is 12.3 Å². The molecule has 0 aliphatic carbocycles. The van der Waals surface area contributed by atoms with Gasteiger partial charge >= 0.3 is 0 Å². The van der Waals surface area contributed by atoms with Crippen LogP contribution in [0.3, 0.4) is 0 Å². The molecule has 1 rings (SSSR count). The summed E-state index contributed by atoms with van der Waals surface area (Å²) < 4.78 is 38.5. The number of halogens is 1. The van der Waals surface area contributed by atoms with Gasteiger partial charge in [-0.15, -0.1) is 0 Å². The Hall–Kier alpha value is -1.21. The molecule has 0 radical (unpaired) electrons. The molecule has 0 aliphatic rings. The van der Waals surface area contributed by atoms with Gasteiger partial charge in [0, 0.05) is 6.20 Å². The molecular weight excluding hydrogens is 245 g/mol. The lowest BCUT2D eigenvalue weighted by Gasteiger charge is -2.08. The van der Waals surface area contributed by atoms with Crippen LogP contribution in [0.2, 0.25) is 0 Å². The maximum absolute atomic E-state index is 13.2. The second kappa shape index (κ2) is 6.51. The Kier molecular flexibility index (Phi) is 5.30. The second-order valence-corrected chi connectivity index (χ2v) is 5.33. The number of anilines is 1. The number of nitrogens with one attached hydrogen (secondary N) is 2. The van der Waals surface area contributed by atoms with E-state index in [0.717, 1.165) is 12.7 Å². The van der Waals surface area contributed by atoms with Gasteiger partial charge in [0.1, 0.15) is 0 Å². The lowest BCUT2D eigenvalue weighted by atomic mass is 10.4. The summed E-state index contributed by atoms with van der Waals surface area (Å²) in [6, 6.07) is 1.29. The van der Waals surface area contributed by atoms with E-state index in [1.54, 1.807) is 0 Å². The summed E-state index contributed by atoms with van der Waals surface area (Å²) in [4.78, 5) is 3.54. The summed E-state index contributed by atoms with van der Waals surface area (Å²) in [5.74, 6) is -0.718. The summed E-state index contributed by atoms with van der Waals surface area (Å²) in [5.41, 5.74) is -0.0662. The topological polar surface area (TPSA) is 71.1 Å². The first-order valence-corrected chi connectivity index (χ1v) is 7.01. The van der Waals surface area contributed by atoms with E-state index in [9.17, 15) is 12.8 Å². The Labute approximate surface area is 101 Å². The number of rotatable bonds is 7. The largest absolute Gasteiger partial charge is 0.317 e. The van der Waals surface area contributed by atoms with Crippen molar-refractivity contribution in [2.45, 2.75) is 13.3 Å². The second-order valence-electron chi connectivity index (χ2n) is 3.48. The van der Waals surface area contributed by atoms with Crippen molar-refractivity contribution < 1.29 is 12.8 Å². The molecule has 0 amide bonds.